The molecule has 0 radical (unpaired) electrons. The molecule has 0 unspecified atom stereocenters. The molecule has 0 aromatic carbocycles. The first kappa shape index (κ1) is 25.7. The van der Waals surface area contributed by atoms with Gasteiger partial charge in [0.2, 0.25) is 0 Å². The second kappa shape index (κ2) is 9.22. The topological polar surface area (TPSA) is 112 Å². The number of sulfone groups is 1. The van der Waals surface area contributed by atoms with Crippen LogP contribution in [0.2, 0.25) is 0 Å². The zero-order valence-electron chi connectivity index (χ0n) is 19.2. The van der Waals surface area contributed by atoms with E-state index in [-0.39, 0.29) is 41.7 Å². The van der Waals surface area contributed by atoms with Crippen molar-refractivity contribution in [1.29, 1.82) is 0 Å². The molecule has 194 valence electrons. The third kappa shape index (κ3) is 5.86. The average Bonchev–Trinajstić information content (AvgIpc) is 3.23. The normalized spacial score (nSPS) is 17.1. The van der Waals surface area contributed by atoms with Crippen LogP contribution in [0, 0.1) is 12.7 Å². The lowest BCUT2D eigenvalue weighted by atomic mass is 9.95. The molecule has 3 aromatic heterocycles. The zero-order chi connectivity index (χ0) is 26.3. The number of carbonyl (C=O) groups is 1. The SMILES string of the molecule is Cc1c(Oc2ncc(F)cc2OCC(F)(F)F)ccc2nc(C(=O)NC3(C)CCS(=O)(=O)CC3)cn12. The predicted octanol–water partition coefficient (Wildman–Crippen LogP) is 3.61. The van der Waals surface area contributed by atoms with Gasteiger partial charge in [0.25, 0.3) is 11.8 Å². The van der Waals surface area contributed by atoms with Gasteiger partial charge in [0.15, 0.2) is 12.4 Å². The third-order valence-corrected chi connectivity index (χ3v) is 7.45. The number of halogens is 4. The summed E-state index contributed by atoms with van der Waals surface area (Å²) in [6, 6.07) is 3.73. The third-order valence-electron chi connectivity index (χ3n) is 5.80. The van der Waals surface area contributed by atoms with Gasteiger partial charge in [-0.1, -0.05) is 0 Å². The molecule has 1 amide bonds. The second-order valence-corrected chi connectivity index (χ2v) is 11.1. The van der Waals surface area contributed by atoms with E-state index in [4.69, 9.17) is 4.74 Å². The molecule has 1 aliphatic heterocycles. The summed E-state index contributed by atoms with van der Waals surface area (Å²) in [6.45, 7) is 1.75. The Morgan fingerprint density at radius 2 is 1.92 bits per heavy atom. The highest BCUT2D eigenvalue weighted by molar-refractivity contribution is 7.91. The fourth-order valence-corrected chi connectivity index (χ4v) is 5.42. The van der Waals surface area contributed by atoms with Crippen LogP contribution in [0.1, 0.15) is 35.9 Å². The molecule has 4 heterocycles. The molecule has 1 aliphatic rings. The van der Waals surface area contributed by atoms with Crippen LogP contribution in [0.15, 0.2) is 30.6 Å². The van der Waals surface area contributed by atoms with E-state index < -0.39 is 45.6 Å². The van der Waals surface area contributed by atoms with Crippen molar-refractivity contribution in [2.75, 3.05) is 18.1 Å². The Morgan fingerprint density at radius 3 is 2.58 bits per heavy atom. The van der Waals surface area contributed by atoms with Crippen molar-refractivity contribution < 1.29 is 40.2 Å². The average molecular weight is 531 g/mol. The number of fused-ring (bicyclic) bond motifs is 1. The Bertz CT molecular complexity index is 1410. The largest absolute Gasteiger partial charge is 0.478 e. The zero-order valence-corrected chi connectivity index (χ0v) is 20.0. The Kier molecular flexibility index (Phi) is 6.58. The van der Waals surface area contributed by atoms with E-state index in [1.54, 1.807) is 13.8 Å². The van der Waals surface area contributed by atoms with E-state index in [0.29, 0.717) is 11.3 Å². The predicted molar refractivity (Wildman–Crippen MR) is 120 cm³/mol. The number of nitrogens with zero attached hydrogens (tertiary/aromatic N) is 3. The highest BCUT2D eigenvalue weighted by Crippen LogP contribution is 2.33. The van der Waals surface area contributed by atoms with Gasteiger partial charge in [0.1, 0.15) is 32.7 Å². The minimum absolute atomic E-state index is 0.0130. The summed E-state index contributed by atoms with van der Waals surface area (Å²) in [5.74, 6) is -2.15. The van der Waals surface area contributed by atoms with Crippen LogP contribution in [-0.2, 0) is 9.84 Å². The molecule has 4 rings (SSSR count). The smallest absolute Gasteiger partial charge is 0.422 e. The van der Waals surface area contributed by atoms with E-state index in [1.807, 2.05) is 0 Å². The van der Waals surface area contributed by atoms with E-state index in [2.05, 4.69) is 20.0 Å². The Hall–Kier alpha value is -3.42. The maximum absolute atomic E-state index is 13.5. The van der Waals surface area contributed by atoms with E-state index >= 15 is 0 Å². The first-order chi connectivity index (χ1) is 16.7. The quantitative estimate of drug-likeness (QED) is 0.485. The fraction of sp³-hybridized carbons (Fsp3) is 0.409. The number of nitrogens with one attached hydrogen (secondary N) is 1. The highest BCUT2D eigenvalue weighted by Gasteiger charge is 2.35. The Balaban J connectivity index is 1.55. The van der Waals surface area contributed by atoms with Gasteiger partial charge in [-0.2, -0.15) is 13.2 Å². The molecular weight excluding hydrogens is 508 g/mol. The molecule has 0 bridgehead atoms. The summed E-state index contributed by atoms with van der Waals surface area (Å²) in [6.07, 6.45) is -1.84. The fourth-order valence-electron chi connectivity index (χ4n) is 3.69. The number of amides is 1. The van der Waals surface area contributed by atoms with E-state index in [0.717, 1.165) is 12.3 Å². The molecule has 0 aliphatic carbocycles. The minimum atomic E-state index is -4.64. The van der Waals surface area contributed by atoms with Crippen molar-refractivity contribution in [2.45, 2.75) is 38.4 Å². The molecule has 36 heavy (non-hydrogen) atoms. The monoisotopic (exact) mass is 530 g/mol. The Morgan fingerprint density at radius 1 is 1.22 bits per heavy atom. The van der Waals surface area contributed by atoms with Gasteiger partial charge in [0, 0.05) is 17.8 Å². The van der Waals surface area contributed by atoms with Gasteiger partial charge in [-0.25, -0.2) is 22.8 Å². The van der Waals surface area contributed by atoms with Crippen molar-refractivity contribution in [3.8, 4) is 17.4 Å². The number of rotatable bonds is 6. The molecular formula is C22H22F4N4O5S. The summed E-state index contributed by atoms with van der Waals surface area (Å²) in [5, 5.41) is 2.86. The van der Waals surface area contributed by atoms with Gasteiger partial charge in [-0.3, -0.25) is 9.20 Å². The van der Waals surface area contributed by atoms with Gasteiger partial charge in [0.05, 0.1) is 23.4 Å². The molecule has 14 heteroatoms. The summed E-state index contributed by atoms with van der Waals surface area (Å²) >= 11 is 0. The lowest BCUT2D eigenvalue weighted by Gasteiger charge is -2.34. The van der Waals surface area contributed by atoms with Crippen molar-refractivity contribution in [3.05, 3.63) is 47.8 Å². The molecule has 1 N–H and O–H groups in total. The summed E-state index contributed by atoms with van der Waals surface area (Å²) in [5.41, 5.74) is 0.214. The summed E-state index contributed by atoms with van der Waals surface area (Å²) in [7, 11) is -3.10. The van der Waals surface area contributed by atoms with Crippen LogP contribution < -0.4 is 14.8 Å². The maximum Gasteiger partial charge on any atom is 0.422 e. The van der Waals surface area contributed by atoms with Gasteiger partial charge < -0.3 is 14.8 Å². The molecule has 0 atom stereocenters. The van der Waals surface area contributed by atoms with Gasteiger partial charge in [-0.15, -0.1) is 0 Å². The van der Waals surface area contributed by atoms with Crippen molar-refractivity contribution in [1.82, 2.24) is 19.7 Å². The van der Waals surface area contributed by atoms with Crippen LogP contribution in [0.5, 0.6) is 17.4 Å². The number of aromatic nitrogens is 3. The van der Waals surface area contributed by atoms with Crippen LogP contribution in [0.3, 0.4) is 0 Å². The molecule has 0 spiro atoms. The van der Waals surface area contributed by atoms with Crippen molar-refractivity contribution in [2.24, 2.45) is 0 Å². The number of carbonyl (C=O) groups excluding carboxylic acids is 1. The standard InChI is InChI=1S/C22H22F4N4O5S/c1-13-16(35-20-17(9-14(23)10-27-20)34-12-22(24,25)26)3-4-18-28-15(11-30(13)18)19(31)29-21(2)5-7-36(32,33)8-6-21/h3-4,9-11H,5-8,12H2,1-2H3,(H,29,31). The number of ether oxygens (including phenoxy) is 2. The highest BCUT2D eigenvalue weighted by atomic mass is 32.2. The molecule has 1 fully saturated rings. The summed E-state index contributed by atoms with van der Waals surface area (Å²) < 4.78 is 86.5. The number of alkyl halides is 3. The number of aryl methyl sites for hydroxylation is 1. The van der Waals surface area contributed by atoms with Gasteiger partial charge >= 0.3 is 6.18 Å². The number of hydrogen-bond donors (Lipinski definition) is 1. The molecule has 1 saturated heterocycles. The van der Waals surface area contributed by atoms with E-state index in [1.165, 1.54) is 22.7 Å². The van der Waals surface area contributed by atoms with Crippen LogP contribution in [0.4, 0.5) is 17.6 Å². The lowest BCUT2D eigenvalue weighted by molar-refractivity contribution is -0.153. The summed E-state index contributed by atoms with van der Waals surface area (Å²) in [4.78, 5) is 20.8. The Labute approximate surface area is 203 Å². The second-order valence-electron chi connectivity index (χ2n) is 8.77. The number of imidazole rings is 1. The number of pyridine rings is 2. The van der Waals surface area contributed by atoms with Gasteiger partial charge in [-0.05, 0) is 38.8 Å². The van der Waals surface area contributed by atoms with Crippen molar-refractivity contribution >= 4 is 21.4 Å². The van der Waals surface area contributed by atoms with Crippen LogP contribution in [-0.4, -0.2) is 58.5 Å². The lowest BCUT2D eigenvalue weighted by Crippen LogP contribution is -2.51. The molecule has 0 saturated carbocycles. The van der Waals surface area contributed by atoms with Crippen molar-refractivity contribution in [3.63, 3.8) is 0 Å². The van der Waals surface area contributed by atoms with Crippen LogP contribution >= 0.6 is 0 Å². The first-order valence-electron chi connectivity index (χ1n) is 10.8. The first-order valence-corrected chi connectivity index (χ1v) is 12.6. The minimum Gasteiger partial charge on any atom is -0.478 e. The number of hydrogen-bond acceptors (Lipinski definition) is 7. The van der Waals surface area contributed by atoms with Crippen LogP contribution in [0.25, 0.3) is 5.65 Å². The maximum atomic E-state index is 13.5. The molecule has 3 aromatic rings. The van der Waals surface area contributed by atoms with E-state index in [9.17, 15) is 30.8 Å². The molecule has 9 nitrogen and oxygen atoms in total.